The molecule has 0 heterocycles. The number of aliphatic hydroxyl groups excluding tert-OH is 1. The van der Waals surface area contributed by atoms with Crippen LogP contribution in [0.15, 0.2) is 18.2 Å². The van der Waals surface area contributed by atoms with Gasteiger partial charge in [-0.15, -0.1) is 0 Å². The van der Waals surface area contributed by atoms with Crippen molar-refractivity contribution < 1.29 is 9.50 Å². The maximum Gasteiger partial charge on any atom is 0.142 e. The molecule has 2 rings (SSSR count). The number of halogens is 2. The lowest BCUT2D eigenvalue weighted by atomic mass is 9.78. The molecule has 0 saturated heterocycles. The first-order chi connectivity index (χ1) is 8.09. The Balaban J connectivity index is 2.27. The first-order valence-electron chi connectivity index (χ1n) is 5.90. The van der Waals surface area contributed by atoms with Crippen LogP contribution in [0.4, 0.5) is 4.39 Å². The smallest absolute Gasteiger partial charge is 0.142 e. The second kappa shape index (κ2) is 4.92. The Morgan fingerprint density at radius 1 is 1.53 bits per heavy atom. The summed E-state index contributed by atoms with van der Waals surface area (Å²) in [6.45, 7) is 0.404. The normalized spacial score (nSPS) is 28.6. The van der Waals surface area contributed by atoms with Crippen LogP contribution in [-0.2, 0) is 6.42 Å². The van der Waals surface area contributed by atoms with Crippen molar-refractivity contribution in [3.63, 3.8) is 0 Å². The molecule has 4 heteroatoms. The molecule has 1 fully saturated rings. The fourth-order valence-corrected chi connectivity index (χ4v) is 2.89. The number of nitrogens with two attached hydrogens (primary N) is 1. The molecule has 0 amide bonds. The Bertz CT molecular complexity index is 412. The van der Waals surface area contributed by atoms with Gasteiger partial charge in [0.1, 0.15) is 5.82 Å². The van der Waals surface area contributed by atoms with Gasteiger partial charge in [0.2, 0.25) is 0 Å². The third kappa shape index (κ3) is 2.32. The number of benzene rings is 1. The van der Waals surface area contributed by atoms with Crippen molar-refractivity contribution in [2.75, 3.05) is 6.54 Å². The van der Waals surface area contributed by atoms with Crippen LogP contribution in [0.1, 0.15) is 24.8 Å². The number of aliphatic hydroxyl groups is 1. The molecular formula is C13H17ClFNO. The third-order valence-electron chi connectivity index (χ3n) is 3.84. The molecule has 17 heavy (non-hydrogen) atoms. The van der Waals surface area contributed by atoms with E-state index >= 15 is 0 Å². The van der Waals surface area contributed by atoms with Crippen molar-refractivity contribution in [2.45, 2.75) is 31.8 Å². The SMILES string of the molecule is NCC1(Cc2cccc(F)c2Cl)CCCC1O. The number of hydrogen-bond acceptors (Lipinski definition) is 2. The van der Waals surface area contributed by atoms with Gasteiger partial charge in [0, 0.05) is 12.0 Å². The van der Waals surface area contributed by atoms with E-state index < -0.39 is 11.9 Å². The van der Waals surface area contributed by atoms with Gasteiger partial charge in [-0.1, -0.05) is 30.2 Å². The minimum atomic E-state index is -0.413. The van der Waals surface area contributed by atoms with E-state index in [9.17, 15) is 9.50 Å². The van der Waals surface area contributed by atoms with Gasteiger partial charge in [-0.25, -0.2) is 4.39 Å². The average Bonchev–Trinajstić information content (AvgIpc) is 2.67. The van der Waals surface area contributed by atoms with Crippen LogP contribution in [0.3, 0.4) is 0 Å². The first-order valence-corrected chi connectivity index (χ1v) is 6.28. The van der Waals surface area contributed by atoms with E-state index in [0.29, 0.717) is 13.0 Å². The fourth-order valence-electron chi connectivity index (χ4n) is 2.70. The summed E-state index contributed by atoms with van der Waals surface area (Å²) in [6, 6.07) is 4.78. The van der Waals surface area contributed by atoms with Crippen LogP contribution in [-0.4, -0.2) is 17.8 Å². The van der Waals surface area contributed by atoms with E-state index in [0.717, 1.165) is 24.8 Å². The first kappa shape index (κ1) is 12.8. The largest absolute Gasteiger partial charge is 0.392 e. The molecule has 1 aliphatic carbocycles. The summed E-state index contributed by atoms with van der Waals surface area (Å²) >= 11 is 5.94. The van der Waals surface area contributed by atoms with Gasteiger partial charge >= 0.3 is 0 Å². The molecule has 1 aromatic carbocycles. The van der Waals surface area contributed by atoms with Crippen molar-refractivity contribution in [1.82, 2.24) is 0 Å². The number of hydrogen-bond donors (Lipinski definition) is 2. The zero-order valence-corrected chi connectivity index (χ0v) is 10.4. The van der Waals surface area contributed by atoms with Gasteiger partial charge in [-0.2, -0.15) is 0 Å². The van der Waals surface area contributed by atoms with E-state index in [-0.39, 0.29) is 10.4 Å². The zero-order chi connectivity index (χ0) is 12.5. The summed E-state index contributed by atoms with van der Waals surface area (Å²) in [4.78, 5) is 0. The van der Waals surface area contributed by atoms with Gasteiger partial charge in [0.05, 0.1) is 11.1 Å². The molecule has 1 saturated carbocycles. The van der Waals surface area contributed by atoms with Crippen LogP contribution < -0.4 is 5.73 Å². The molecule has 1 aliphatic rings. The molecule has 2 nitrogen and oxygen atoms in total. The lowest BCUT2D eigenvalue weighted by molar-refractivity contribution is 0.0588. The lowest BCUT2D eigenvalue weighted by Crippen LogP contribution is -2.39. The molecule has 2 atom stereocenters. The Kier molecular flexibility index (Phi) is 3.71. The van der Waals surface area contributed by atoms with Crippen LogP contribution in [0, 0.1) is 11.2 Å². The molecule has 3 N–H and O–H groups in total. The predicted molar refractivity (Wildman–Crippen MR) is 66.5 cm³/mol. The average molecular weight is 258 g/mol. The van der Waals surface area contributed by atoms with Crippen LogP contribution in [0.25, 0.3) is 0 Å². The monoisotopic (exact) mass is 257 g/mol. The van der Waals surface area contributed by atoms with Gasteiger partial charge in [-0.3, -0.25) is 0 Å². The van der Waals surface area contributed by atoms with E-state index in [1.54, 1.807) is 12.1 Å². The van der Waals surface area contributed by atoms with Gasteiger partial charge in [0.15, 0.2) is 0 Å². The van der Waals surface area contributed by atoms with Crippen LogP contribution in [0.5, 0.6) is 0 Å². The fraction of sp³-hybridized carbons (Fsp3) is 0.538. The van der Waals surface area contributed by atoms with E-state index in [1.807, 2.05) is 0 Å². The minimum Gasteiger partial charge on any atom is -0.392 e. The van der Waals surface area contributed by atoms with E-state index in [2.05, 4.69) is 0 Å². The highest BCUT2D eigenvalue weighted by Gasteiger charge is 2.41. The summed E-state index contributed by atoms with van der Waals surface area (Å²) in [5.41, 5.74) is 6.20. The van der Waals surface area contributed by atoms with E-state index in [4.69, 9.17) is 17.3 Å². The van der Waals surface area contributed by atoms with Gasteiger partial charge < -0.3 is 10.8 Å². The molecule has 1 aromatic rings. The molecule has 0 bridgehead atoms. The molecule has 0 radical (unpaired) electrons. The van der Waals surface area contributed by atoms with Crippen LogP contribution in [0.2, 0.25) is 5.02 Å². The summed E-state index contributed by atoms with van der Waals surface area (Å²) in [5.74, 6) is -0.413. The Labute approximate surface area is 106 Å². The molecule has 0 spiro atoms. The van der Waals surface area contributed by atoms with Crippen molar-refractivity contribution >= 4 is 11.6 Å². The molecule has 0 aromatic heterocycles. The Hall–Kier alpha value is -0.640. The highest BCUT2D eigenvalue weighted by Crippen LogP contribution is 2.41. The molecule has 94 valence electrons. The molecule has 2 unspecified atom stereocenters. The second-order valence-electron chi connectivity index (χ2n) is 4.86. The predicted octanol–water partition coefficient (Wildman–Crippen LogP) is 2.51. The van der Waals surface area contributed by atoms with Crippen LogP contribution >= 0.6 is 11.6 Å². The van der Waals surface area contributed by atoms with Crippen molar-refractivity contribution in [2.24, 2.45) is 11.1 Å². The van der Waals surface area contributed by atoms with Crippen molar-refractivity contribution in [3.8, 4) is 0 Å². The van der Waals surface area contributed by atoms with Gasteiger partial charge in [0.25, 0.3) is 0 Å². The zero-order valence-electron chi connectivity index (χ0n) is 9.63. The third-order valence-corrected chi connectivity index (χ3v) is 4.26. The summed E-state index contributed by atoms with van der Waals surface area (Å²) < 4.78 is 13.4. The maximum atomic E-state index is 13.4. The summed E-state index contributed by atoms with van der Waals surface area (Å²) in [6.07, 6.45) is 2.74. The minimum absolute atomic E-state index is 0.152. The highest BCUT2D eigenvalue weighted by molar-refractivity contribution is 6.31. The quantitative estimate of drug-likeness (QED) is 0.874. The summed E-state index contributed by atoms with van der Waals surface area (Å²) in [5, 5.41) is 10.2. The van der Waals surface area contributed by atoms with Crippen molar-refractivity contribution in [3.05, 3.63) is 34.6 Å². The molecular weight excluding hydrogens is 241 g/mol. The highest BCUT2D eigenvalue weighted by atomic mass is 35.5. The summed E-state index contributed by atoms with van der Waals surface area (Å²) in [7, 11) is 0. The Morgan fingerprint density at radius 2 is 2.29 bits per heavy atom. The van der Waals surface area contributed by atoms with Crippen molar-refractivity contribution in [1.29, 1.82) is 0 Å². The van der Waals surface area contributed by atoms with E-state index in [1.165, 1.54) is 6.07 Å². The topological polar surface area (TPSA) is 46.2 Å². The second-order valence-corrected chi connectivity index (χ2v) is 5.24. The van der Waals surface area contributed by atoms with Gasteiger partial charge in [-0.05, 0) is 30.9 Å². The number of rotatable bonds is 3. The molecule has 0 aliphatic heterocycles. The lowest BCUT2D eigenvalue weighted by Gasteiger charge is -2.31. The standard InChI is InChI=1S/C13H17ClFNO/c14-12-9(3-1-4-10(12)15)7-13(8-16)6-2-5-11(13)17/h1,3-4,11,17H,2,5-8,16H2. The Morgan fingerprint density at radius 3 is 2.88 bits per heavy atom. The maximum absolute atomic E-state index is 13.4.